The molecule has 2 aliphatic rings. The first kappa shape index (κ1) is 23.8. The molecule has 8 nitrogen and oxygen atoms in total. The first-order valence-electron chi connectivity index (χ1n) is 11.6. The van der Waals surface area contributed by atoms with Crippen molar-refractivity contribution in [1.82, 2.24) is 29.8 Å². The molecule has 3 atom stereocenters. The minimum absolute atomic E-state index is 0.0105. The molecule has 0 aliphatic carbocycles. The topological polar surface area (TPSA) is 84.2 Å². The Balaban J connectivity index is 1.48. The number of carbonyl (C=O) groups excluding carboxylic acids is 2. The number of carbonyl (C=O) groups is 2. The quantitative estimate of drug-likeness (QED) is 0.509. The van der Waals surface area contributed by atoms with Crippen LogP contribution in [0.5, 0.6) is 0 Å². The number of fused-ring (bicyclic) bond motifs is 3. The number of hydrogen-bond donors (Lipinski definition) is 0. The minimum Gasteiger partial charge on any atom is -0.331 e. The molecule has 3 aromatic rings. The smallest absolute Gasteiger partial charge is 0.273 e. The number of nitrogens with zero attached hydrogens (tertiary/aromatic N) is 6. The van der Waals surface area contributed by atoms with E-state index >= 15 is 0 Å². The molecule has 5 rings (SSSR count). The lowest BCUT2D eigenvalue weighted by Gasteiger charge is -2.37. The molecule has 0 radical (unpaired) electrons. The highest BCUT2D eigenvalue weighted by Crippen LogP contribution is 2.35. The molecule has 182 valence electrons. The van der Waals surface area contributed by atoms with Crippen molar-refractivity contribution in [3.63, 3.8) is 0 Å². The molecular formula is C25H26Cl2N6O2. The summed E-state index contributed by atoms with van der Waals surface area (Å²) in [6.45, 7) is 8.71. The van der Waals surface area contributed by atoms with Crippen LogP contribution in [0.3, 0.4) is 0 Å². The van der Waals surface area contributed by atoms with Crippen LogP contribution in [0.1, 0.15) is 76.3 Å². The molecule has 2 aliphatic heterocycles. The van der Waals surface area contributed by atoms with Crippen molar-refractivity contribution < 1.29 is 9.59 Å². The van der Waals surface area contributed by atoms with Crippen molar-refractivity contribution >= 4 is 35.0 Å². The second-order valence-electron chi connectivity index (χ2n) is 9.42. The van der Waals surface area contributed by atoms with Gasteiger partial charge in [-0.25, -0.2) is 0 Å². The maximum absolute atomic E-state index is 13.8. The van der Waals surface area contributed by atoms with Crippen LogP contribution in [0.2, 0.25) is 10.0 Å². The summed E-state index contributed by atoms with van der Waals surface area (Å²) in [4.78, 5) is 30.8. The lowest BCUT2D eigenvalue weighted by Crippen LogP contribution is -2.45. The van der Waals surface area contributed by atoms with Gasteiger partial charge in [-0.15, -0.1) is 0 Å². The first-order valence-corrected chi connectivity index (χ1v) is 12.4. The van der Waals surface area contributed by atoms with Crippen molar-refractivity contribution in [1.29, 1.82) is 0 Å². The normalized spacial score (nSPS) is 20.5. The molecule has 0 saturated heterocycles. The Labute approximate surface area is 213 Å². The number of aromatic nitrogens is 4. The van der Waals surface area contributed by atoms with Gasteiger partial charge in [-0.3, -0.25) is 14.3 Å². The van der Waals surface area contributed by atoms with E-state index in [2.05, 4.69) is 17.1 Å². The Morgan fingerprint density at radius 3 is 2.54 bits per heavy atom. The Bertz CT molecular complexity index is 1320. The summed E-state index contributed by atoms with van der Waals surface area (Å²) in [6, 6.07) is 8.36. The van der Waals surface area contributed by atoms with E-state index in [-0.39, 0.29) is 29.9 Å². The van der Waals surface area contributed by atoms with E-state index in [9.17, 15) is 9.59 Å². The summed E-state index contributed by atoms with van der Waals surface area (Å²) in [5.41, 5.74) is 4.25. The molecule has 2 aromatic heterocycles. The summed E-state index contributed by atoms with van der Waals surface area (Å²) in [5.74, 6) is -0.263. The van der Waals surface area contributed by atoms with E-state index in [1.165, 1.54) is 0 Å². The van der Waals surface area contributed by atoms with E-state index in [1.807, 2.05) is 42.5 Å². The van der Waals surface area contributed by atoms with Gasteiger partial charge >= 0.3 is 0 Å². The highest BCUT2D eigenvalue weighted by Gasteiger charge is 2.40. The van der Waals surface area contributed by atoms with Crippen LogP contribution >= 0.6 is 23.2 Å². The second kappa shape index (κ2) is 8.91. The van der Waals surface area contributed by atoms with Crippen molar-refractivity contribution in [2.24, 2.45) is 0 Å². The van der Waals surface area contributed by atoms with Gasteiger partial charge in [0, 0.05) is 30.1 Å². The maximum Gasteiger partial charge on any atom is 0.273 e. The van der Waals surface area contributed by atoms with Gasteiger partial charge < -0.3 is 9.80 Å². The highest BCUT2D eigenvalue weighted by molar-refractivity contribution is 6.42. The summed E-state index contributed by atoms with van der Waals surface area (Å²) in [6.07, 6.45) is 0.571. The van der Waals surface area contributed by atoms with Crippen molar-refractivity contribution in [2.75, 3.05) is 6.54 Å². The predicted molar refractivity (Wildman–Crippen MR) is 133 cm³/mol. The van der Waals surface area contributed by atoms with Crippen LogP contribution < -0.4 is 0 Å². The fourth-order valence-electron chi connectivity index (χ4n) is 4.88. The van der Waals surface area contributed by atoms with Crippen LogP contribution in [-0.4, -0.2) is 54.2 Å². The lowest BCUT2D eigenvalue weighted by atomic mass is 9.97. The van der Waals surface area contributed by atoms with Crippen LogP contribution in [0.15, 0.2) is 30.3 Å². The zero-order valence-electron chi connectivity index (χ0n) is 20.0. The molecule has 1 aromatic carbocycles. The fourth-order valence-corrected chi connectivity index (χ4v) is 5.18. The zero-order chi connectivity index (χ0) is 25.0. The van der Waals surface area contributed by atoms with Crippen molar-refractivity contribution in [2.45, 2.75) is 58.8 Å². The minimum atomic E-state index is -0.242. The molecule has 1 unspecified atom stereocenters. The average Bonchev–Trinajstić information content (AvgIpc) is 3.21. The Morgan fingerprint density at radius 2 is 1.86 bits per heavy atom. The number of amides is 2. The van der Waals surface area contributed by atoms with E-state index in [4.69, 9.17) is 28.3 Å². The average molecular weight is 513 g/mol. The van der Waals surface area contributed by atoms with Crippen molar-refractivity contribution in [3.8, 4) is 0 Å². The Morgan fingerprint density at radius 1 is 1.09 bits per heavy atom. The zero-order valence-corrected chi connectivity index (χ0v) is 21.5. The molecule has 4 heterocycles. The van der Waals surface area contributed by atoms with Gasteiger partial charge in [0.05, 0.1) is 45.8 Å². The SMILES string of the molecule is Cc1ccc(C(C)N2C[C@@H](C)n3nc4c(c3C2=O)CN(C(=O)c2ccc(Cl)c(Cl)c2)[C@H](C)C4)nn1. The van der Waals surface area contributed by atoms with E-state index < -0.39 is 0 Å². The fraction of sp³-hybridized carbons (Fsp3) is 0.400. The van der Waals surface area contributed by atoms with Crippen molar-refractivity contribution in [3.05, 3.63) is 74.3 Å². The molecule has 0 bridgehead atoms. The predicted octanol–water partition coefficient (Wildman–Crippen LogP) is 4.65. The lowest BCUT2D eigenvalue weighted by molar-refractivity contribution is 0.0569. The van der Waals surface area contributed by atoms with Crippen LogP contribution in [0.4, 0.5) is 0 Å². The summed E-state index contributed by atoms with van der Waals surface area (Å²) >= 11 is 12.2. The summed E-state index contributed by atoms with van der Waals surface area (Å²) < 4.78 is 1.83. The number of aryl methyl sites for hydroxylation is 1. The molecule has 0 fully saturated rings. The van der Waals surface area contributed by atoms with Crippen LogP contribution in [0.25, 0.3) is 0 Å². The maximum atomic E-state index is 13.8. The number of benzene rings is 1. The van der Waals surface area contributed by atoms with E-state index in [0.29, 0.717) is 40.8 Å². The molecule has 2 amide bonds. The van der Waals surface area contributed by atoms with Gasteiger partial charge in [-0.2, -0.15) is 15.3 Å². The molecule has 0 N–H and O–H groups in total. The molecule has 0 saturated carbocycles. The number of hydrogen-bond acceptors (Lipinski definition) is 5. The van der Waals surface area contributed by atoms with Gasteiger partial charge in [-0.05, 0) is 58.0 Å². The number of halogens is 2. The van der Waals surface area contributed by atoms with Crippen LogP contribution in [-0.2, 0) is 13.0 Å². The van der Waals surface area contributed by atoms with Gasteiger partial charge in [-0.1, -0.05) is 23.2 Å². The standard InChI is InChI=1S/C25H26Cl2N6O2/c1-13-5-8-21(29-28-13)16(4)32-11-15(3)33-23(25(32)35)18-12-31(14(2)9-22(18)30-33)24(34)17-6-7-19(26)20(27)10-17/h5-8,10,14-16H,9,11-12H2,1-4H3/t14-,15-,16?/m1/s1. The third-order valence-electron chi connectivity index (χ3n) is 6.92. The van der Waals surface area contributed by atoms with Gasteiger partial charge in [0.25, 0.3) is 11.8 Å². The third-order valence-corrected chi connectivity index (χ3v) is 7.66. The third kappa shape index (κ3) is 4.08. The van der Waals surface area contributed by atoms with Gasteiger partial charge in [0.15, 0.2) is 0 Å². The first-order chi connectivity index (χ1) is 16.7. The second-order valence-corrected chi connectivity index (χ2v) is 10.2. The molecular weight excluding hydrogens is 487 g/mol. The van der Waals surface area contributed by atoms with Crippen LogP contribution in [0, 0.1) is 6.92 Å². The highest BCUT2D eigenvalue weighted by atomic mass is 35.5. The van der Waals surface area contributed by atoms with Gasteiger partial charge in [0.2, 0.25) is 0 Å². The van der Waals surface area contributed by atoms with E-state index in [1.54, 1.807) is 23.1 Å². The number of rotatable bonds is 3. The summed E-state index contributed by atoms with van der Waals surface area (Å²) in [7, 11) is 0. The Hall–Kier alpha value is -2.97. The Kier molecular flexibility index (Phi) is 6.05. The largest absolute Gasteiger partial charge is 0.331 e. The summed E-state index contributed by atoms with van der Waals surface area (Å²) in [5, 5.41) is 14.0. The molecule has 0 spiro atoms. The van der Waals surface area contributed by atoms with Gasteiger partial charge in [0.1, 0.15) is 5.69 Å². The molecule has 10 heteroatoms. The monoisotopic (exact) mass is 512 g/mol. The van der Waals surface area contributed by atoms with E-state index in [0.717, 1.165) is 22.6 Å². The molecule has 35 heavy (non-hydrogen) atoms.